The number of benzene rings is 1. The summed E-state index contributed by atoms with van der Waals surface area (Å²) in [6.45, 7) is 3.53. The van der Waals surface area contributed by atoms with Gasteiger partial charge < -0.3 is 10.0 Å². The average molecular weight is 341 g/mol. The van der Waals surface area contributed by atoms with Crippen LogP contribution in [0.25, 0.3) is 0 Å². The summed E-state index contributed by atoms with van der Waals surface area (Å²) in [7, 11) is 0. The second kappa shape index (κ2) is 8.19. The van der Waals surface area contributed by atoms with E-state index < -0.39 is 0 Å². The molecule has 1 atom stereocenters. The first-order valence-electron chi connectivity index (χ1n) is 9.18. The van der Waals surface area contributed by atoms with Crippen LogP contribution in [0.4, 0.5) is 0 Å². The Hall–Kier alpha value is -2.30. The van der Waals surface area contributed by atoms with Crippen molar-refractivity contribution in [3.63, 3.8) is 0 Å². The maximum Gasteiger partial charge on any atom is 0.224 e. The normalized spacial score (nSPS) is 17.6. The third kappa shape index (κ3) is 4.84. The fourth-order valence-electron chi connectivity index (χ4n) is 3.57. The van der Waals surface area contributed by atoms with Crippen molar-refractivity contribution < 1.29 is 9.90 Å². The first-order chi connectivity index (χ1) is 12.1. The van der Waals surface area contributed by atoms with Crippen molar-refractivity contribution in [1.29, 1.82) is 0 Å². The lowest BCUT2D eigenvalue weighted by molar-refractivity contribution is -0.135. The Morgan fingerprint density at radius 3 is 2.80 bits per heavy atom. The van der Waals surface area contributed by atoms with Gasteiger partial charge in [-0.05, 0) is 62.3 Å². The van der Waals surface area contributed by atoms with Gasteiger partial charge >= 0.3 is 0 Å². The lowest BCUT2D eigenvalue weighted by Gasteiger charge is -2.36. The number of carbonyl (C=O) groups is 1. The maximum atomic E-state index is 12.7. The molecule has 2 heterocycles. The van der Waals surface area contributed by atoms with E-state index >= 15 is 0 Å². The monoisotopic (exact) mass is 341 g/mol. The zero-order chi connectivity index (χ0) is 17.6. The molecule has 0 spiro atoms. The molecule has 5 heteroatoms. The molecule has 1 aliphatic rings. The maximum absolute atomic E-state index is 12.7. The summed E-state index contributed by atoms with van der Waals surface area (Å²) in [6.07, 6.45) is 9.62. The van der Waals surface area contributed by atoms with Crippen molar-refractivity contribution in [2.75, 3.05) is 6.54 Å². The Kier molecular flexibility index (Phi) is 5.74. The Balaban J connectivity index is 1.54. The molecular formula is C20H27N3O2. The fourth-order valence-corrected chi connectivity index (χ4v) is 3.57. The largest absolute Gasteiger partial charge is 0.508 e. The van der Waals surface area contributed by atoms with Crippen molar-refractivity contribution in [1.82, 2.24) is 14.7 Å². The van der Waals surface area contributed by atoms with E-state index in [1.807, 2.05) is 36.1 Å². The van der Waals surface area contributed by atoms with Gasteiger partial charge in [0.05, 0.1) is 6.20 Å². The minimum Gasteiger partial charge on any atom is -0.508 e. The van der Waals surface area contributed by atoms with Crippen molar-refractivity contribution in [3.05, 3.63) is 47.8 Å². The Morgan fingerprint density at radius 1 is 1.28 bits per heavy atom. The average Bonchev–Trinajstić information content (AvgIpc) is 3.05. The summed E-state index contributed by atoms with van der Waals surface area (Å²) < 4.78 is 1.85. The van der Waals surface area contributed by atoms with E-state index in [9.17, 15) is 9.90 Å². The van der Waals surface area contributed by atoms with Crippen LogP contribution in [0.2, 0.25) is 0 Å². The molecule has 134 valence electrons. The van der Waals surface area contributed by atoms with E-state index in [0.717, 1.165) is 37.8 Å². The van der Waals surface area contributed by atoms with Crippen molar-refractivity contribution in [2.45, 2.75) is 58.0 Å². The van der Waals surface area contributed by atoms with E-state index in [1.54, 1.807) is 12.1 Å². The molecule has 1 aromatic heterocycles. The summed E-state index contributed by atoms with van der Waals surface area (Å²) in [6, 6.07) is 7.71. The van der Waals surface area contributed by atoms with Gasteiger partial charge in [-0.1, -0.05) is 12.1 Å². The van der Waals surface area contributed by atoms with E-state index in [0.29, 0.717) is 24.8 Å². The molecule has 0 bridgehead atoms. The number of aromatic hydroxyl groups is 1. The van der Waals surface area contributed by atoms with Crippen LogP contribution in [0.3, 0.4) is 0 Å². The van der Waals surface area contributed by atoms with Crippen LogP contribution in [0.1, 0.15) is 43.2 Å². The SMILES string of the molecule is Cc1cnn(CCC(=O)N2CCCC[C@@H]2CCc2ccc(O)cc2)c1. The Bertz CT molecular complexity index is 693. The van der Waals surface area contributed by atoms with Crippen LogP contribution in [-0.4, -0.2) is 38.3 Å². The lowest BCUT2D eigenvalue weighted by Crippen LogP contribution is -2.44. The van der Waals surface area contributed by atoms with Crippen molar-refractivity contribution in [2.24, 2.45) is 0 Å². The predicted octanol–water partition coefficient (Wildman–Crippen LogP) is 3.30. The number of aromatic nitrogens is 2. The standard InChI is InChI=1S/C20H27N3O2/c1-16-14-21-22(15-16)13-11-20(25)23-12-3-2-4-18(23)8-5-17-6-9-19(24)10-7-17/h6-7,9-10,14-15,18,24H,2-5,8,11-13H2,1H3/t18-/m1/s1. The van der Waals surface area contributed by atoms with E-state index in [-0.39, 0.29) is 5.91 Å². The van der Waals surface area contributed by atoms with Gasteiger partial charge in [-0.25, -0.2) is 0 Å². The summed E-state index contributed by atoms with van der Waals surface area (Å²) >= 11 is 0. The smallest absolute Gasteiger partial charge is 0.224 e. The molecule has 0 radical (unpaired) electrons. The molecule has 0 unspecified atom stereocenters. The third-order valence-corrected chi connectivity index (χ3v) is 4.97. The van der Waals surface area contributed by atoms with Crippen LogP contribution in [0.5, 0.6) is 5.75 Å². The van der Waals surface area contributed by atoms with Gasteiger partial charge in [-0.3, -0.25) is 9.48 Å². The molecule has 1 aliphatic heterocycles. The molecule has 5 nitrogen and oxygen atoms in total. The van der Waals surface area contributed by atoms with Gasteiger partial charge in [-0.2, -0.15) is 5.10 Å². The first-order valence-corrected chi connectivity index (χ1v) is 9.18. The molecule has 0 saturated carbocycles. The molecule has 25 heavy (non-hydrogen) atoms. The Labute approximate surface area is 149 Å². The molecule has 1 N–H and O–H groups in total. The van der Waals surface area contributed by atoms with Gasteiger partial charge in [0.25, 0.3) is 0 Å². The van der Waals surface area contributed by atoms with Gasteiger partial charge in [0.15, 0.2) is 0 Å². The number of phenols is 1. The van der Waals surface area contributed by atoms with Gasteiger partial charge in [-0.15, -0.1) is 0 Å². The van der Waals surface area contributed by atoms with Gasteiger partial charge in [0.2, 0.25) is 5.91 Å². The Morgan fingerprint density at radius 2 is 2.08 bits per heavy atom. The third-order valence-electron chi connectivity index (χ3n) is 4.97. The van der Waals surface area contributed by atoms with Crippen LogP contribution in [0.15, 0.2) is 36.7 Å². The van der Waals surface area contributed by atoms with Crippen LogP contribution in [-0.2, 0) is 17.8 Å². The van der Waals surface area contributed by atoms with Crippen LogP contribution >= 0.6 is 0 Å². The summed E-state index contributed by atoms with van der Waals surface area (Å²) in [5, 5.41) is 13.6. The second-order valence-corrected chi connectivity index (χ2v) is 6.97. The number of carbonyl (C=O) groups excluding carboxylic acids is 1. The highest BCUT2D eigenvalue weighted by molar-refractivity contribution is 5.76. The number of aryl methyl sites for hydroxylation is 3. The highest BCUT2D eigenvalue weighted by Gasteiger charge is 2.26. The number of hydrogen-bond acceptors (Lipinski definition) is 3. The number of piperidine rings is 1. The molecule has 1 saturated heterocycles. The van der Waals surface area contributed by atoms with Crippen LogP contribution < -0.4 is 0 Å². The number of hydrogen-bond donors (Lipinski definition) is 1. The minimum absolute atomic E-state index is 0.239. The second-order valence-electron chi connectivity index (χ2n) is 6.97. The van der Waals surface area contributed by atoms with E-state index in [1.165, 1.54) is 12.0 Å². The molecule has 1 amide bonds. The van der Waals surface area contributed by atoms with Crippen molar-refractivity contribution >= 4 is 5.91 Å². The first kappa shape index (κ1) is 17.5. The molecule has 2 aromatic rings. The fraction of sp³-hybridized carbons (Fsp3) is 0.500. The molecule has 1 fully saturated rings. The van der Waals surface area contributed by atoms with E-state index in [4.69, 9.17) is 0 Å². The molecular weight excluding hydrogens is 314 g/mol. The van der Waals surface area contributed by atoms with Gasteiger partial charge in [0.1, 0.15) is 5.75 Å². The number of rotatable bonds is 6. The van der Waals surface area contributed by atoms with Gasteiger partial charge in [0, 0.05) is 31.7 Å². The topological polar surface area (TPSA) is 58.4 Å². The van der Waals surface area contributed by atoms with Crippen LogP contribution in [0, 0.1) is 6.92 Å². The lowest BCUT2D eigenvalue weighted by atomic mass is 9.95. The zero-order valence-electron chi connectivity index (χ0n) is 14.9. The quantitative estimate of drug-likeness (QED) is 0.877. The summed E-state index contributed by atoms with van der Waals surface area (Å²) in [4.78, 5) is 14.8. The number of amides is 1. The highest BCUT2D eigenvalue weighted by Crippen LogP contribution is 2.23. The molecule has 0 aliphatic carbocycles. The molecule has 3 rings (SSSR count). The predicted molar refractivity (Wildman–Crippen MR) is 97.4 cm³/mol. The summed E-state index contributed by atoms with van der Waals surface area (Å²) in [5.41, 5.74) is 2.33. The summed E-state index contributed by atoms with van der Waals surface area (Å²) in [5.74, 6) is 0.538. The number of likely N-dealkylation sites (tertiary alicyclic amines) is 1. The molecule has 1 aromatic carbocycles. The van der Waals surface area contributed by atoms with Crippen molar-refractivity contribution in [3.8, 4) is 5.75 Å². The number of nitrogens with zero attached hydrogens (tertiary/aromatic N) is 3. The zero-order valence-corrected chi connectivity index (χ0v) is 14.9. The number of phenolic OH excluding ortho intramolecular Hbond substituents is 1. The highest BCUT2D eigenvalue weighted by atomic mass is 16.3. The van der Waals surface area contributed by atoms with E-state index in [2.05, 4.69) is 10.00 Å². The minimum atomic E-state index is 0.239.